The van der Waals surface area contributed by atoms with Crippen molar-refractivity contribution in [3.8, 4) is 0 Å². The summed E-state index contributed by atoms with van der Waals surface area (Å²) in [5.74, 6) is -0.173. The summed E-state index contributed by atoms with van der Waals surface area (Å²) in [5.41, 5.74) is 3.25. The second-order valence-corrected chi connectivity index (χ2v) is 10.9. The van der Waals surface area contributed by atoms with Crippen LogP contribution in [0.2, 0.25) is 0 Å². The summed E-state index contributed by atoms with van der Waals surface area (Å²) in [5, 5.41) is 12.2. The van der Waals surface area contributed by atoms with Gasteiger partial charge in [0, 0.05) is 28.5 Å². The van der Waals surface area contributed by atoms with E-state index in [1.165, 1.54) is 9.55 Å². The molecule has 3 atom stereocenters. The molecule has 0 spiro atoms. The Labute approximate surface area is 171 Å². The smallest absolute Gasteiger partial charge is 0.268 e. The van der Waals surface area contributed by atoms with E-state index in [4.69, 9.17) is 0 Å². The van der Waals surface area contributed by atoms with Crippen LogP contribution in [0.1, 0.15) is 50.5 Å². The lowest BCUT2D eigenvalue weighted by Crippen LogP contribution is -2.34. The van der Waals surface area contributed by atoms with Gasteiger partial charge in [0.25, 0.3) is 10.0 Å². The third-order valence-electron chi connectivity index (χ3n) is 6.63. The largest absolute Gasteiger partial charge is 0.388 e. The van der Waals surface area contributed by atoms with Crippen molar-refractivity contribution in [1.29, 1.82) is 0 Å². The van der Waals surface area contributed by atoms with E-state index in [0.717, 1.165) is 23.1 Å². The normalized spacial score (nSPS) is 25.5. The van der Waals surface area contributed by atoms with Crippen molar-refractivity contribution in [2.45, 2.75) is 44.1 Å². The summed E-state index contributed by atoms with van der Waals surface area (Å²) in [6.45, 7) is 6.45. The first-order valence-corrected chi connectivity index (χ1v) is 11.5. The van der Waals surface area contributed by atoms with E-state index in [0.29, 0.717) is 5.52 Å². The molecular formula is C24H25NO3S. The number of hydrogen-bond donors (Lipinski definition) is 1. The number of hydrogen-bond acceptors (Lipinski definition) is 3. The lowest BCUT2D eigenvalue weighted by Gasteiger charge is -2.41. The summed E-state index contributed by atoms with van der Waals surface area (Å²) in [6.07, 6.45) is 2.38. The highest BCUT2D eigenvalue weighted by Crippen LogP contribution is 2.60. The molecular weight excluding hydrogens is 382 g/mol. The molecule has 1 heterocycles. The van der Waals surface area contributed by atoms with Crippen LogP contribution < -0.4 is 0 Å². The first-order valence-electron chi connectivity index (χ1n) is 10.0. The molecule has 1 aromatic heterocycles. The maximum Gasteiger partial charge on any atom is 0.268 e. The van der Waals surface area contributed by atoms with E-state index >= 15 is 0 Å². The van der Waals surface area contributed by atoms with Crippen LogP contribution in [0, 0.1) is 11.3 Å². The van der Waals surface area contributed by atoms with Crippen LogP contribution in [0.4, 0.5) is 0 Å². The van der Waals surface area contributed by atoms with E-state index in [1.807, 2.05) is 30.3 Å². The Morgan fingerprint density at radius 2 is 1.69 bits per heavy atom. The van der Waals surface area contributed by atoms with Gasteiger partial charge in [0.1, 0.15) is 0 Å². The van der Waals surface area contributed by atoms with Crippen molar-refractivity contribution in [1.82, 2.24) is 3.97 Å². The zero-order valence-corrected chi connectivity index (χ0v) is 17.6. The van der Waals surface area contributed by atoms with Crippen LogP contribution in [0.3, 0.4) is 0 Å². The number of aliphatic hydroxyl groups is 1. The average Bonchev–Trinajstić information content (AvgIpc) is 3.16. The van der Waals surface area contributed by atoms with Gasteiger partial charge in [-0.2, -0.15) is 0 Å². The Morgan fingerprint density at radius 1 is 1.03 bits per heavy atom. The summed E-state index contributed by atoms with van der Waals surface area (Å²) in [6, 6.07) is 16.1. The molecule has 0 saturated heterocycles. The zero-order valence-electron chi connectivity index (χ0n) is 16.8. The molecule has 5 heteroatoms. The molecule has 0 radical (unpaired) electrons. The third-order valence-corrected chi connectivity index (χ3v) is 8.37. The van der Waals surface area contributed by atoms with E-state index in [9.17, 15) is 13.5 Å². The highest BCUT2D eigenvalue weighted by atomic mass is 32.2. The molecule has 0 unspecified atom stereocenters. The Morgan fingerprint density at radius 3 is 2.41 bits per heavy atom. The highest BCUT2D eigenvalue weighted by Gasteiger charge is 2.52. The second-order valence-electron chi connectivity index (χ2n) is 9.07. The number of benzene rings is 2. The Bertz CT molecular complexity index is 1250. The molecule has 2 aliphatic carbocycles. The number of aromatic nitrogens is 1. The van der Waals surface area contributed by atoms with Crippen LogP contribution in [-0.4, -0.2) is 17.5 Å². The first kappa shape index (κ1) is 18.6. The fourth-order valence-electron chi connectivity index (χ4n) is 5.68. The van der Waals surface area contributed by atoms with Gasteiger partial charge in [-0.05, 0) is 37.0 Å². The van der Waals surface area contributed by atoms with Gasteiger partial charge in [-0.3, -0.25) is 0 Å². The molecule has 1 N–H and O–H groups in total. The van der Waals surface area contributed by atoms with E-state index in [2.05, 4.69) is 26.8 Å². The van der Waals surface area contributed by atoms with Gasteiger partial charge in [0.2, 0.25) is 0 Å². The van der Waals surface area contributed by atoms with Crippen LogP contribution >= 0.6 is 0 Å². The number of rotatable bonds is 2. The van der Waals surface area contributed by atoms with Crippen molar-refractivity contribution in [2.24, 2.45) is 11.3 Å². The van der Waals surface area contributed by atoms with Gasteiger partial charge in [-0.1, -0.05) is 61.9 Å². The third kappa shape index (κ3) is 2.50. The SMILES string of the molecule is CC1=C[C@@H]2c3c(c4ccccc4n3S(=O)(=O)c3ccccc3)[C@H](O)[C@@H]2C(C)(C)C1. The Hall–Kier alpha value is -2.37. The summed E-state index contributed by atoms with van der Waals surface area (Å²) in [4.78, 5) is 0.261. The lowest BCUT2D eigenvalue weighted by molar-refractivity contribution is 0.0341. The first-order chi connectivity index (χ1) is 13.7. The number of fused-ring (bicyclic) bond motifs is 5. The van der Waals surface area contributed by atoms with Gasteiger partial charge in [0.15, 0.2) is 0 Å². The van der Waals surface area contributed by atoms with Crippen LogP contribution in [0.25, 0.3) is 10.9 Å². The van der Waals surface area contributed by atoms with E-state index in [-0.39, 0.29) is 22.1 Å². The molecule has 2 aliphatic rings. The summed E-state index contributed by atoms with van der Waals surface area (Å²) < 4.78 is 29.0. The topological polar surface area (TPSA) is 59.3 Å². The highest BCUT2D eigenvalue weighted by molar-refractivity contribution is 7.90. The zero-order chi connectivity index (χ0) is 20.6. The quantitative estimate of drug-likeness (QED) is 0.608. The van der Waals surface area contributed by atoms with Crippen LogP contribution in [0.5, 0.6) is 0 Å². The molecule has 5 rings (SSSR count). The second kappa shape index (κ2) is 6.07. The molecule has 0 bridgehead atoms. The van der Waals surface area contributed by atoms with Gasteiger partial charge >= 0.3 is 0 Å². The predicted molar refractivity (Wildman–Crippen MR) is 114 cm³/mol. The lowest BCUT2D eigenvalue weighted by atomic mass is 9.64. The fourth-order valence-corrected chi connectivity index (χ4v) is 7.29. The van der Waals surface area contributed by atoms with Gasteiger partial charge in [-0.25, -0.2) is 12.4 Å². The molecule has 0 fully saturated rings. The number of nitrogens with zero attached hydrogens (tertiary/aromatic N) is 1. The van der Waals surface area contributed by atoms with Gasteiger partial charge in [-0.15, -0.1) is 0 Å². The molecule has 0 amide bonds. The van der Waals surface area contributed by atoms with Crippen molar-refractivity contribution < 1.29 is 13.5 Å². The Kier molecular flexibility index (Phi) is 3.90. The van der Waals surface area contributed by atoms with Crippen LogP contribution in [-0.2, 0) is 10.0 Å². The summed E-state index contributed by atoms with van der Waals surface area (Å²) in [7, 11) is -3.80. The molecule has 0 saturated carbocycles. The summed E-state index contributed by atoms with van der Waals surface area (Å²) >= 11 is 0. The number of aliphatic hydroxyl groups excluding tert-OH is 1. The fraction of sp³-hybridized carbons (Fsp3) is 0.333. The number of allylic oxidation sites excluding steroid dienone is 2. The molecule has 3 aromatic rings. The van der Waals surface area contributed by atoms with Crippen molar-refractivity contribution >= 4 is 20.9 Å². The predicted octanol–water partition coefficient (Wildman–Crippen LogP) is 5.00. The maximum absolute atomic E-state index is 13.8. The van der Waals surface area contributed by atoms with Gasteiger partial charge in [0.05, 0.1) is 16.5 Å². The molecule has 2 aromatic carbocycles. The number of para-hydroxylation sites is 1. The minimum atomic E-state index is -3.80. The van der Waals surface area contributed by atoms with E-state index in [1.54, 1.807) is 24.3 Å². The molecule has 0 aliphatic heterocycles. The van der Waals surface area contributed by atoms with Crippen molar-refractivity contribution in [3.05, 3.63) is 77.5 Å². The maximum atomic E-state index is 13.8. The minimum Gasteiger partial charge on any atom is -0.388 e. The standard InChI is InChI=1S/C24H25NO3S/c1-15-13-18-21(24(2,3)14-15)23(26)20-17-11-7-8-12-19(17)25(22(18)20)29(27,28)16-9-5-4-6-10-16/h4-13,18,21,23,26H,14H2,1-3H3/t18-,21+,23-/m0/s1. The molecule has 4 nitrogen and oxygen atoms in total. The molecule has 150 valence electrons. The van der Waals surface area contributed by atoms with Crippen molar-refractivity contribution in [2.75, 3.05) is 0 Å². The van der Waals surface area contributed by atoms with Crippen LogP contribution in [0.15, 0.2) is 71.1 Å². The molecule has 29 heavy (non-hydrogen) atoms. The minimum absolute atomic E-state index is 0.0435. The van der Waals surface area contributed by atoms with E-state index < -0.39 is 16.1 Å². The monoisotopic (exact) mass is 407 g/mol. The van der Waals surface area contributed by atoms with Gasteiger partial charge < -0.3 is 5.11 Å². The average molecular weight is 408 g/mol. The Balaban J connectivity index is 1.88. The van der Waals surface area contributed by atoms with Crippen molar-refractivity contribution in [3.63, 3.8) is 0 Å².